The summed E-state index contributed by atoms with van der Waals surface area (Å²) in [6.07, 6.45) is 8.31. The van der Waals surface area contributed by atoms with Crippen LogP contribution in [-0.2, 0) is 4.79 Å². The second kappa shape index (κ2) is 6.20. The molecule has 96 valence electrons. The number of nitrogens with one attached hydrogen (secondary N) is 1. The van der Waals surface area contributed by atoms with Gasteiger partial charge in [-0.25, -0.2) is 0 Å². The fraction of sp³-hybridized carbons (Fsp3) is 0.786. The second-order valence-electron chi connectivity index (χ2n) is 5.33. The molecule has 0 unspecified atom stereocenters. The smallest absolute Gasteiger partial charge is 0.222 e. The molecule has 1 amide bonds. The Balaban J connectivity index is 1.62. The van der Waals surface area contributed by atoms with Gasteiger partial charge in [0.1, 0.15) is 0 Å². The van der Waals surface area contributed by atoms with Crippen LogP contribution >= 0.6 is 0 Å². The number of allylic oxidation sites excluding steroid dienone is 1. The molecule has 0 aromatic heterocycles. The van der Waals surface area contributed by atoms with E-state index in [0.29, 0.717) is 18.4 Å². The van der Waals surface area contributed by atoms with Gasteiger partial charge in [0.05, 0.1) is 0 Å². The van der Waals surface area contributed by atoms with Crippen molar-refractivity contribution in [2.75, 3.05) is 19.6 Å². The van der Waals surface area contributed by atoms with Gasteiger partial charge in [-0.3, -0.25) is 4.79 Å². The van der Waals surface area contributed by atoms with Crippen LogP contribution in [0.5, 0.6) is 0 Å². The van der Waals surface area contributed by atoms with Crippen molar-refractivity contribution >= 4 is 5.91 Å². The molecule has 0 aromatic carbocycles. The Bertz CT molecular complexity index is 265. The van der Waals surface area contributed by atoms with Gasteiger partial charge in [0.25, 0.3) is 0 Å². The van der Waals surface area contributed by atoms with E-state index in [9.17, 15) is 4.79 Å². The number of rotatable bonds is 6. The van der Waals surface area contributed by atoms with Gasteiger partial charge in [-0.1, -0.05) is 6.08 Å². The molecule has 0 bridgehead atoms. The number of likely N-dealkylation sites (tertiary alicyclic amines) is 1. The first-order valence-electron chi connectivity index (χ1n) is 6.91. The van der Waals surface area contributed by atoms with E-state index in [1.54, 1.807) is 0 Å². The molecule has 0 radical (unpaired) electrons. The van der Waals surface area contributed by atoms with Crippen molar-refractivity contribution in [3.05, 3.63) is 12.7 Å². The molecule has 2 fully saturated rings. The third kappa shape index (κ3) is 4.15. The molecule has 1 saturated heterocycles. The molecule has 0 spiro atoms. The van der Waals surface area contributed by atoms with Gasteiger partial charge in [-0.05, 0) is 44.6 Å². The first-order chi connectivity index (χ1) is 8.29. The third-order valence-corrected chi connectivity index (χ3v) is 3.80. The van der Waals surface area contributed by atoms with Crippen LogP contribution in [0.25, 0.3) is 0 Å². The highest BCUT2D eigenvalue weighted by molar-refractivity contribution is 5.76. The van der Waals surface area contributed by atoms with Crippen LogP contribution in [0.2, 0.25) is 0 Å². The Labute approximate surface area is 104 Å². The molecule has 1 heterocycles. The largest absolute Gasteiger partial charge is 0.343 e. The number of hydrogen-bond acceptors (Lipinski definition) is 2. The van der Waals surface area contributed by atoms with Crippen molar-refractivity contribution < 1.29 is 4.79 Å². The van der Waals surface area contributed by atoms with Gasteiger partial charge in [-0.2, -0.15) is 0 Å². The molecule has 1 aliphatic heterocycles. The number of nitrogens with zero attached hydrogens (tertiary/aromatic N) is 1. The van der Waals surface area contributed by atoms with E-state index in [2.05, 4.69) is 11.9 Å². The third-order valence-electron chi connectivity index (χ3n) is 3.80. The predicted molar refractivity (Wildman–Crippen MR) is 69.8 cm³/mol. The Morgan fingerprint density at radius 3 is 2.59 bits per heavy atom. The number of hydrogen-bond donors (Lipinski definition) is 1. The van der Waals surface area contributed by atoms with Crippen molar-refractivity contribution in [1.82, 2.24) is 10.2 Å². The van der Waals surface area contributed by atoms with Crippen molar-refractivity contribution in [1.29, 1.82) is 0 Å². The molecule has 1 aliphatic carbocycles. The average molecular weight is 236 g/mol. The van der Waals surface area contributed by atoms with E-state index in [1.165, 1.54) is 19.4 Å². The molecule has 2 rings (SSSR count). The standard InChI is InChI=1S/C14H24N2O/c1-2-3-4-14(17)16-9-7-13(8-10-16)15-11-12-5-6-12/h2,12-13,15H,1,3-11H2. The van der Waals surface area contributed by atoms with Crippen LogP contribution in [-0.4, -0.2) is 36.5 Å². The molecular formula is C14H24N2O. The summed E-state index contributed by atoms with van der Waals surface area (Å²) in [6, 6.07) is 0.638. The van der Waals surface area contributed by atoms with Crippen LogP contribution in [0.1, 0.15) is 38.5 Å². The lowest BCUT2D eigenvalue weighted by atomic mass is 10.0. The number of piperidine rings is 1. The van der Waals surface area contributed by atoms with Crippen LogP contribution in [0, 0.1) is 5.92 Å². The quantitative estimate of drug-likeness (QED) is 0.715. The van der Waals surface area contributed by atoms with Gasteiger partial charge >= 0.3 is 0 Å². The van der Waals surface area contributed by atoms with Crippen molar-refractivity contribution in [3.8, 4) is 0 Å². The summed E-state index contributed by atoms with van der Waals surface area (Å²) < 4.78 is 0. The zero-order chi connectivity index (χ0) is 12.1. The maximum atomic E-state index is 11.8. The number of carbonyl (C=O) groups is 1. The summed E-state index contributed by atoms with van der Waals surface area (Å²) in [5, 5.41) is 3.63. The zero-order valence-corrected chi connectivity index (χ0v) is 10.7. The first-order valence-corrected chi connectivity index (χ1v) is 6.91. The number of amides is 1. The number of carbonyl (C=O) groups excluding carboxylic acids is 1. The highest BCUT2D eigenvalue weighted by atomic mass is 16.2. The van der Waals surface area contributed by atoms with Crippen LogP contribution in [0.4, 0.5) is 0 Å². The van der Waals surface area contributed by atoms with Crippen LogP contribution in [0.3, 0.4) is 0 Å². The van der Waals surface area contributed by atoms with Gasteiger partial charge in [-0.15, -0.1) is 6.58 Å². The monoisotopic (exact) mass is 236 g/mol. The average Bonchev–Trinajstić information content (AvgIpc) is 3.18. The SMILES string of the molecule is C=CCCC(=O)N1CCC(NCC2CC2)CC1. The summed E-state index contributed by atoms with van der Waals surface area (Å²) in [4.78, 5) is 13.8. The van der Waals surface area contributed by atoms with E-state index in [0.717, 1.165) is 38.3 Å². The highest BCUT2D eigenvalue weighted by Gasteiger charge is 2.25. The van der Waals surface area contributed by atoms with Gasteiger partial charge in [0.2, 0.25) is 5.91 Å². The molecule has 1 saturated carbocycles. The molecule has 0 aromatic rings. The topological polar surface area (TPSA) is 32.3 Å². The summed E-state index contributed by atoms with van der Waals surface area (Å²) in [7, 11) is 0. The molecule has 0 atom stereocenters. The van der Waals surface area contributed by atoms with Crippen molar-refractivity contribution in [2.45, 2.75) is 44.6 Å². The Hall–Kier alpha value is -0.830. The lowest BCUT2D eigenvalue weighted by molar-refractivity contribution is -0.132. The highest BCUT2D eigenvalue weighted by Crippen LogP contribution is 2.28. The van der Waals surface area contributed by atoms with Crippen LogP contribution < -0.4 is 5.32 Å². The van der Waals surface area contributed by atoms with E-state index in [4.69, 9.17) is 0 Å². The predicted octanol–water partition coefficient (Wildman–Crippen LogP) is 1.94. The van der Waals surface area contributed by atoms with Gasteiger partial charge in [0, 0.05) is 25.6 Å². The summed E-state index contributed by atoms with van der Waals surface area (Å²) in [5.41, 5.74) is 0. The Kier molecular flexibility index (Phi) is 4.60. The molecule has 17 heavy (non-hydrogen) atoms. The summed E-state index contributed by atoms with van der Waals surface area (Å²) in [6.45, 7) is 6.70. The molecule has 3 heteroatoms. The molecule has 1 N–H and O–H groups in total. The normalized spacial score (nSPS) is 21.5. The lowest BCUT2D eigenvalue weighted by Crippen LogP contribution is -2.45. The van der Waals surface area contributed by atoms with Gasteiger partial charge < -0.3 is 10.2 Å². The maximum absolute atomic E-state index is 11.8. The fourth-order valence-corrected chi connectivity index (χ4v) is 2.37. The maximum Gasteiger partial charge on any atom is 0.222 e. The first kappa shape index (κ1) is 12.6. The van der Waals surface area contributed by atoms with Crippen molar-refractivity contribution in [3.63, 3.8) is 0 Å². The van der Waals surface area contributed by atoms with E-state index >= 15 is 0 Å². The lowest BCUT2D eigenvalue weighted by Gasteiger charge is -2.32. The zero-order valence-electron chi connectivity index (χ0n) is 10.7. The van der Waals surface area contributed by atoms with E-state index in [-0.39, 0.29) is 0 Å². The minimum Gasteiger partial charge on any atom is -0.343 e. The van der Waals surface area contributed by atoms with Crippen molar-refractivity contribution in [2.24, 2.45) is 5.92 Å². The van der Waals surface area contributed by atoms with E-state index < -0.39 is 0 Å². The van der Waals surface area contributed by atoms with Gasteiger partial charge in [0.15, 0.2) is 0 Å². The minimum atomic E-state index is 0.297. The van der Waals surface area contributed by atoms with E-state index in [1.807, 2.05) is 11.0 Å². The second-order valence-corrected chi connectivity index (χ2v) is 5.33. The Morgan fingerprint density at radius 2 is 2.00 bits per heavy atom. The minimum absolute atomic E-state index is 0.297. The molecule has 2 aliphatic rings. The molecule has 3 nitrogen and oxygen atoms in total. The molecular weight excluding hydrogens is 212 g/mol. The summed E-state index contributed by atoms with van der Waals surface area (Å²) >= 11 is 0. The fourth-order valence-electron chi connectivity index (χ4n) is 2.37. The Morgan fingerprint density at radius 1 is 1.29 bits per heavy atom. The van der Waals surface area contributed by atoms with Crippen LogP contribution in [0.15, 0.2) is 12.7 Å². The summed E-state index contributed by atoms with van der Waals surface area (Å²) in [5.74, 6) is 1.24.